The van der Waals surface area contributed by atoms with E-state index < -0.39 is 5.97 Å². The summed E-state index contributed by atoms with van der Waals surface area (Å²) in [6, 6.07) is 12.3. The third-order valence-electron chi connectivity index (χ3n) is 4.45. The lowest BCUT2D eigenvalue weighted by Crippen LogP contribution is -2.31. The molecule has 2 aromatic rings. The highest BCUT2D eigenvalue weighted by atomic mass is 35.5. The van der Waals surface area contributed by atoms with Crippen LogP contribution in [-0.4, -0.2) is 47.3 Å². The first-order chi connectivity index (χ1) is 13.5. The lowest BCUT2D eigenvalue weighted by atomic mass is 10.1. The van der Waals surface area contributed by atoms with Crippen molar-refractivity contribution < 1.29 is 15.0 Å². The summed E-state index contributed by atoms with van der Waals surface area (Å²) in [5.41, 5.74) is 1.93. The van der Waals surface area contributed by atoms with Crippen molar-refractivity contribution in [2.45, 2.75) is 25.7 Å². The normalized spacial score (nSPS) is 14.1. The van der Waals surface area contributed by atoms with Gasteiger partial charge in [0.25, 0.3) is 0 Å². The number of anilines is 2. The van der Waals surface area contributed by atoms with Crippen LogP contribution in [0, 0.1) is 0 Å². The maximum Gasteiger partial charge on any atom is 0.307 e. The monoisotopic (exact) mass is 424 g/mol. The van der Waals surface area contributed by atoms with E-state index in [1.54, 1.807) is 36.4 Å². The minimum atomic E-state index is -0.889. The van der Waals surface area contributed by atoms with Gasteiger partial charge >= 0.3 is 5.97 Å². The minimum Gasteiger partial charge on any atom is -0.481 e. The largest absolute Gasteiger partial charge is 0.481 e. The third kappa shape index (κ3) is 7.32. The molecular weight excluding hydrogens is 399 g/mol. The van der Waals surface area contributed by atoms with Crippen LogP contribution in [0.15, 0.2) is 42.5 Å². The fourth-order valence-corrected chi connectivity index (χ4v) is 3.53. The highest BCUT2D eigenvalue weighted by Gasteiger charge is 2.10. The molecule has 3 rings (SSSR count). The lowest BCUT2D eigenvalue weighted by molar-refractivity contribution is -0.136. The fourth-order valence-electron chi connectivity index (χ4n) is 3.04. The number of rotatable bonds is 6. The zero-order chi connectivity index (χ0) is 20.4. The number of aliphatic hydroxyl groups is 1. The van der Waals surface area contributed by atoms with Crippen molar-refractivity contribution in [3.05, 3.63) is 58.1 Å². The number of para-hydroxylation sites is 2. The molecule has 1 aliphatic heterocycles. The summed E-state index contributed by atoms with van der Waals surface area (Å²) in [5, 5.41) is 21.5. The molecule has 0 atom stereocenters. The van der Waals surface area contributed by atoms with Gasteiger partial charge in [-0.25, -0.2) is 0 Å². The smallest absolute Gasteiger partial charge is 0.307 e. The Morgan fingerprint density at radius 1 is 1.00 bits per heavy atom. The standard InChI is InChI=1S/C14H11Cl2NO2.C7H15NO/c15-10-5-3-6-11(16)14(10)17-12-7-2-1-4-9(12)8-13(18)19;9-7-6-8-4-2-1-3-5-8/h1-7,17H,8H2,(H,18,19);9H,1-7H2. The molecule has 1 fully saturated rings. The van der Waals surface area contributed by atoms with Crippen LogP contribution in [0.4, 0.5) is 11.4 Å². The number of aliphatic hydroxyl groups excluding tert-OH is 1. The maximum atomic E-state index is 10.8. The Bertz CT molecular complexity index is 742. The predicted octanol–water partition coefficient (Wildman–Crippen LogP) is 4.83. The number of likely N-dealkylation sites (tertiary alicyclic amines) is 1. The number of carboxylic acid groups (broad SMARTS) is 1. The van der Waals surface area contributed by atoms with Gasteiger partial charge in [0, 0.05) is 12.2 Å². The molecule has 0 spiro atoms. The molecule has 0 unspecified atom stereocenters. The Labute approximate surface area is 175 Å². The van der Waals surface area contributed by atoms with Gasteiger partial charge in [0.2, 0.25) is 0 Å². The second-order valence-corrected chi connectivity index (χ2v) is 7.39. The van der Waals surface area contributed by atoms with Gasteiger partial charge in [-0.05, 0) is 49.7 Å². The number of hydrogen-bond acceptors (Lipinski definition) is 4. The van der Waals surface area contributed by atoms with Crippen LogP contribution >= 0.6 is 23.2 Å². The first-order valence-electron chi connectivity index (χ1n) is 9.35. The topological polar surface area (TPSA) is 72.8 Å². The van der Waals surface area contributed by atoms with Crippen molar-refractivity contribution in [3.8, 4) is 0 Å². The van der Waals surface area contributed by atoms with Crippen LogP contribution < -0.4 is 5.32 Å². The van der Waals surface area contributed by atoms with Crippen molar-refractivity contribution in [3.63, 3.8) is 0 Å². The van der Waals surface area contributed by atoms with E-state index in [0.29, 0.717) is 33.6 Å². The SMILES string of the molecule is O=C(O)Cc1ccccc1Nc1c(Cl)cccc1Cl.OCCN1CCCCC1. The lowest BCUT2D eigenvalue weighted by Gasteiger charge is -2.25. The molecule has 2 aromatic carbocycles. The van der Waals surface area contributed by atoms with Crippen LogP contribution in [0.25, 0.3) is 0 Å². The molecule has 1 saturated heterocycles. The van der Waals surface area contributed by atoms with Crippen molar-refractivity contribution in [1.29, 1.82) is 0 Å². The quantitative estimate of drug-likeness (QED) is 0.619. The molecule has 1 aliphatic rings. The molecule has 152 valence electrons. The number of nitrogens with one attached hydrogen (secondary N) is 1. The van der Waals surface area contributed by atoms with Crippen LogP contribution in [0.2, 0.25) is 10.0 Å². The molecule has 0 aliphatic carbocycles. The number of carboxylic acids is 1. The van der Waals surface area contributed by atoms with Gasteiger partial charge in [0.15, 0.2) is 0 Å². The Kier molecular flexibility index (Phi) is 9.58. The summed E-state index contributed by atoms with van der Waals surface area (Å²) in [5.74, 6) is -0.889. The summed E-state index contributed by atoms with van der Waals surface area (Å²) in [6.45, 7) is 3.58. The van der Waals surface area contributed by atoms with E-state index in [2.05, 4.69) is 10.2 Å². The first-order valence-corrected chi connectivity index (χ1v) is 10.1. The van der Waals surface area contributed by atoms with E-state index in [0.717, 1.165) is 6.54 Å². The van der Waals surface area contributed by atoms with Gasteiger partial charge in [-0.2, -0.15) is 0 Å². The van der Waals surface area contributed by atoms with E-state index in [9.17, 15) is 4.79 Å². The Balaban J connectivity index is 0.000000261. The molecule has 0 radical (unpaired) electrons. The number of nitrogens with zero attached hydrogens (tertiary/aromatic N) is 1. The number of halogens is 2. The highest BCUT2D eigenvalue weighted by Crippen LogP contribution is 2.33. The number of carbonyl (C=O) groups is 1. The van der Waals surface area contributed by atoms with Gasteiger partial charge in [0.1, 0.15) is 0 Å². The summed E-state index contributed by atoms with van der Waals surface area (Å²) in [4.78, 5) is 13.2. The molecule has 5 nitrogen and oxygen atoms in total. The van der Waals surface area contributed by atoms with Gasteiger partial charge in [-0.1, -0.05) is 53.9 Å². The first kappa shape index (κ1) is 22.5. The van der Waals surface area contributed by atoms with Crippen molar-refractivity contribution in [2.75, 3.05) is 31.6 Å². The Morgan fingerprint density at radius 2 is 1.64 bits per heavy atom. The molecule has 28 heavy (non-hydrogen) atoms. The molecule has 0 aromatic heterocycles. The molecule has 0 amide bonds. The molecule has 7 heteroatoms. The number of hydrogen-bond donors (Lipinski definition) is 3. The Hall–Kier alpha value is -1.79. The zero-order valence-electron chi connectivity index (χ0n) is 15.7. The predicted molar refractivity (Wildman–Crippen MR) is 115 cm³/mol. The average Bonchev–Trinajstić information content (AvgIpc) is 2.67. The second kappa shape index (κ2) is 11.9. The van der Waals surface area contributed by atoms with Crippen LogP contribution in [0.1, 0.15) is 24.8 Å². The number of benzene rings is 2. The van der Waals surface area contributed by atoms with Crippen LogP contribution in [0.3, 0.4) is 0 Å². The number of aliphatic carboxylic acids is 1. The van der Waals surface area contributed by atoms with E-state index in [4.69, 9.17) is 33.4 Å². The summed E-state index contributed by atoms with van der Waals surface area (Å²) >= 11 is 12.1. The summed E-state index contributed by atoms with van der Waals surface area (Å²) < 4.78 is 0. The summed E-state index contributed by atoms with van der Waals surface area (Å²) in [7, 11) is 0. The minimum absolute atomic E-state index is 0.0642. The number of β-amino-alcohol motifs (C(OH)–C–C–N with tert-alkyl or cyclic N) is 1. The van der Waals surface area contributed by atoms with E-state index in [1.807, 2.05) is 6.07 Å². The van der Waals surface area contributed by atoms with Crippen molar-refractivity contribution >= 4 is 40.5 Å². The zero-order valence-corrected chi connectivity index (χ0v) is 17.2. The average molecular weight is 425 g/mol. The van der Waals surface area contributed by atoms with Crippen LogP contribution in [-0.2, 0) is 11.2 Å². The highest BCUT2D eigenvalue weighted by molar-refractivity contribution is 6.39. The maximum absolute atomic E-state index is 10.8. The summed E-state index contributed by atoms with van der Waals surface area (Å²) in [6.07, 6.45) is 3.95. The molecule has 0 bridgehead atoms. The molecular formula is C21H26Cl2N2O3. The van der Waals surface area contributed by atoms with Crippen molar-refractivity contribution in [1.82, 2.24) is 4.90 Å². The van der Waals surface area contributed by atoms with Gasteiger partial charge in [0.05, 0.1) is 28.8 Å². The third-order valence-corrected chi connectivity index (χ3v) is 5.08. The van der Waals surface area contributed by atoms with E-state index in [-0.39, 0.29) is 6.42 Å². The van der Waals surface area contributed by atoms with Gasteiger partial charge in [-0.3, -0.25) is 4.79 Å². The van der Waals surface area contributed by atoms with Gasteiger partial charge in [-0.15, -0.1) is 0 Å². The number of piperidine rings is 1. The molecule has 0 saturated carbocycles. The Morgan fingerprint density at radius 3 is 2.25 bits per heavy atom. The van der Waals surface area contributed by atoms with Crippen LogP contribution in [0.5, 0.6) is 0 Å². The second-order valence-electron chi connectivity index (χ2n) is 6.58. The van der Waals surface area contributed by atoms with Crippen molar-refractivity contribution in [2.24, 2.45) is 0 Å². The molecule has 3 N–H and O–H groups in total. The molecule has 1 heterocycles. The van der Waals surface area contributed by atoms with E-state index >= 15 is 0 Å². The van der Waals surface area contributed by atoms with E-state index in [1.165, 1.54) is 32.4 Å². The van der Waals surface area contributed by atoms with Gasteiger partial charge < -0.3 is 20.4 Å². The fraction of sp³-hybridized carbons (Fsp3) is 0.381.